The van der Waals surface area contributed by atoms with Crippen LogP contribution in [-0.4, -0.2) is 71.6 Å². The summed E-state index contributed by atoms with van der Waals surface area (Å²) in [4.78, 5) is 32.1. The maximum atomic E-state index is 11.3. The molecule has 1 aromatic carbocycles. The van der Waals surface area contributed by atoms with E-state index in [1.54, 1.807) is 23.0 Å². The monoisotopic (exact) mass is 652 g/mol. The zero-order chi connectivity index (χ0) is 32.3. The molecule has 234 valence electrons. The molecule has 0 spiro atoms. The molecule has 3 unspecified atom stereocenters. The SMILES string of the molecule is CC1CC(c2cnc3c(C#N)nn(C(C)c4ccc(Cl)cc4Cl)c3n2)=CCC1N1CCC[C@H]1CC(=O)O.O=C(O)C(F)(F)F. The van der Waals surface area contributed by atoms with Gasteiger partial charge in [0.05, 0.1) is 24.4 Å². The highest BCUT2D eigenvalue weighted by Crippen LogP contribution is 2.37. The van der Waals surface area contributed by atoms with Gasteiger partial charge in [-0.2, -0.15) is 23.5 Å². The summed E-state index contributed by atoms with van der Waals surface area (Å²) in [5.41, 5.74) is 3.90. The molecular weight excluding hydrogens is 624 g/mol. The number of allylic oxidation sites excluding steroid dienone is 1. The molecule has 0 bridgehead atoms. The van der Waals surface area contributed by atoms with Crippen LogP contribution in [-0.2, 0) is 9.59 Å². The van der Waals surface area contributed by atoms with Gasteiger partial charge < -0.3 is 10.2 Å². The van der Waals surface area contributed by atoms with Crippen LogP contribution in [0.4, 0.5) is 13.2 Å². The van der Waals surface area contributed by atoms with Crippen molar-refractivity contribution in [2.75, 3.05) is 6.54 Å². The fourth-order valence-corrected chi connectivity index (χ4v) is 6.40. The molecule has 1 saturated heterocycles. The van der Waals surface area contributed by atoms with Crippen LogP contribution in [0.1, 0.15) is 68.9 Å². The van der Waals surface area contributed by atoms with E-state index in [2.05, 4.69) is 34.1 Å². The van der Waals surface area contributed by atoms with Crippen LogP contribution in [0.3, 0.4) is 0 Å². The molecule has 1 aliphatic carbocycles. The molecule has 3 heterocycles. The number of nitriles is 1. The van der Waals surface area contributed by atoms with Gasteiger partial charge in [-0.15, -0.1) is 0 Å². The van der Waals surface area contributed by atoms with Crippen LogP contribution < -0.4 is 0 Å². The second-order valence-electron chi connectivity index (χ2n) is 10.8. The fraction of sp³-hybridized carbons (Fsp3) is 0.448. The van der Waals surface area contributed by atoms with Gasteiger partial charge in [-0.05, 0) is 68.3 Å². The van der Waals surface area contributed by atoms with E-state index in [-0.39, 0.29) is 24.2 Å². The lowest BCUT2D eigenvalue weighted by Crippen LogP contribution is -2.44. The number of rotatable bonds is 6. The van der Waals surface area contributed by atoms with E-state index in [1.165, 1.54) is 0 Å². The molecule has 2 N–H and O–H groups in total. The number of halogens is 5. The molecule has 0 radical (unpaired) electrons. The lowest BCUT2D eigenvalue weighted by molar-refractivity contribution is -0.192. The van der Waals surface area contributed by atoms with Crippen molar-refractivity contribution in [3.05, 3.63) is 57.5 Å². The first kappa shape index (κ1) is 33.2. The molecule has 0 amide bonds. The number of likely N-dealkylation sites (tertiary alicyclic amines) is 1. The van der Waals surface area contributed by atoms with Crippen molar-refractivity contribution in [2.45, 2.75) is 70.3 Å². The molecule has 10 nitrogen and oxygen atoms in total. The zero-order valence-electron chi connectivity index (χ0n) is 23.7. The first-order valence-electron chi connectivity index (χ1n) is 13.8. The van der Waals surface area contributed by atoms with Crippen molar-refractivity contribution in [3.63, 3.8) is 0 Å². The van der Waals surface area contributed by atoms with Gasteiger partial charge in [-0.1, -0.05) is 42.3 Å². The third kappa shape index (κ3) is 7.31. The Kier molecular flexibility index (Phi) is 10.2. The van der Waals surface area contributed by atoms with Crippen LogP contribution in [0.25, 0.3) is 16.7 Å². The summed E-state index contributed by atoms with van der Waals surface area (Å²) in [5.74, 6) is -3.14. The topological polar surface area (TPSA) is 145 Å². The van der Waals surface area contributed by atoms with Gasteiger partial charge in [0.25, 0.3) is 0 Å². The highest BCUT2D eigenvalue weighted by atomic mass is 35.5. The van der Waals surface area contributed by atoms with E-state index in [4.69, 9.17) is 38.1 Å². The predicted molar refractivity (Wildman–Crippen MR) is 156 cm³/mol. The molecule has 1 fully saturated rings. The molecule has 44 heavy (non-hydrogen) atoms. The summed E-state index contributed by atoms with van der Waals surface area (Å²) in [7, 11) is 0. The molecular formula is C29H29Cl2F3N6O4. The number of alkyl halides is 3. The number of nitrogens with zero attached hydrogens (tertiary/aromatic N) is 6. The number of aliphatic carboxylic acids is 2. The summed E-state index contributed by atoms with van der Waals surface area (Å²) in [5, 5.41) is 31.7. The zero-order valence-corrected chi connectivity index (χ0v) is 25.2. The number of carbonyl (C=O) groups is 2. The van der Waals surface area contributed by atoms with Crippen LogP contribution in [0.15, 0.2) is 30.5 Å². The van der Waals surface area contributed by atoms with E-state index < -0.39 is 18.1 Å². The minimum atomic E-state index is -5.08. The van der Waals surface area contributed by atoms with Gasteiger partial charge in [-0.25, -0.2) is 19.4 Å². The number of hydrogen-bond acceptors (Lipinski definition) is 7. The number of aromatic nitrogens is 4. The Morgan fingerprint density at radius 1 is 1.25 bits per heavy atom. The number of hydrogen-bond donors (Lipinski definition) is 2. The third-order valence-corrected chi connectivity index (χ3v) is 8.49. The molecule has 3 aromatic rings. The van der Waals surface area contributed by atoms with Crippen molar-refractivity contribution in [3.8, 4) is 6.07 Å². The molecule has 15 heteroatoms. The maximum Gasteiger partial charge on any atom is 0.490 e. The highest BCUT2D eigenvalue weighted by Gasteiger charge is 2.38. The Hall–Kier alpha value is -3.73. The first-order chi connectivity index (χ1) is 20.7. The lowest BCUT2D eigenvalue weighted by atomic mass is 9.83. The minimum absolute atomic E-state index is 0.107. The second-order valence-corrected chi connectivity index (χ2v) is 11.7. The maximum absolute atomic E-state index is 11.3. The first-order valence-corrected chi connectivity index (χ1v) is 14.5. The quantitative estimate of drug-likeness (QED) is 0.310. The predicted octanol–water partition coefficient (Wildman–Crippen LogP) is 6.37. The van der Waals surface area contributed by atoms with Gasteiger partial charge >= 0.3 is 18.1 Å². The Labute approximate surface area is 260 Å². The Morgan fingerprint density at radius 2 is 1.95 bits per heavy atom. The summed E-state index contributed by atoms with van der Waals surface area (Å²) >= 11 is 12.6. The molecule has 4 atom stereocenters. The largest absolute Gasteiger partial charge is 0.490 e. The number of benzene rings is 1. The van der Waals surface area contributed by atoms with Crippen LogP contribution >= 0.6 is 23.2 Å². The van der Waals surface area contributed by atoms with E-state index in [9.17, 15) is 28.3 Å². The van der Waals surface area contributed by atoms with Crippen molar-refractivity contribution < 1.29 is 33.0 Å². The van der Waals surface area contributed by atoms with Crippen LogP contribution in [0.5, 0.6) is 0 Å². The summed E-state index contributed by atoms with van der Waals surface area (Å²) in [6, 6.07) is 7.59. The average Bonchev–Trinajstić information content (AvgIpc) is 3.56. The van der Waals surface area contributed by atoms with Gasteiger partial charge in [0, 0.05) is 22.1 Å². The molecule has 2 aliphatic rings. The molecule has 2 aromatic heterocycles. The van der Waals surface area contributed by atoms with Gasteiger partial charge in [0.2, 0.25) is 0 Å². The van der Waals surface area contributed by atoms with Gasteiger partial charge in [0.15, 0.2) is 11.3 Å². The average molecular weight is 653 g/mol. The van der Waals surface area contributed by atoms with Crippen molar-refractivity contribution in [1.82, 2.24) is 24.6 Å². The molecule has 5 rings (SSSR count). The highest BCUT2D eigenvalue weighted by molar-refractivity contribution is 6.35. The molecule has 0 saturated carbocycles. The number of carboxylic acids is 2. The Balaban J connectivity index is 0.000000566. The third-order valence-electron chi connectivity index (χ3n) is 7.92. The molecule has 1 aliphatic heterocycles. The van der Waals surface area contributed by atoms with Crippen molar-refractivity contribution in [1.29, 1.82) is 5.26 Å². The number of fused-ring (bicyclic) bond motifs is 1. The van der Waals surface area contributed by atoms with E-state index in [0.29, 0.717) is 33.2 Å². The van der Waals surface area contributed by atoms with E-state index in [1.807, 2.05) is 13.0 Å². The standard InChI is InChI=1S/C27H28Cl2N6O2.C2HF3O2/c1-15-10-17(5-8-24(15)34-9-3-4-19(34)12-25(36)37)23-14-31-26-22(13-30)33-35(27(26)32-23)16(2)20-7-6-18(28)11-21(20)29;3-2(4,5)1(6)7/h5-7,11,14-16,19,24H,3-4,8-10,12H2,1-2H3,(H,36,37);(H,6,7)/t15?,16?,19-,24?;/m0./s1. The minimum Gasteiger partial charge on any atom is -0.481 e. The van der Waals surface area contributed by atoms with Crippen molar-refractivity contribution >= 4 is 51.9 Å². The Bertz CT molecular complexity index is 1640. The smallest absolute Gasteiger partial charge is 0.481 e. The van der Waals surface area contributed by atoms with E-state index >= 15 is 0 Å². The fourth-order valence-electron chi connectivity index (χ4n) is 5.83. The number of carboxylic acid groups (broad SMARTS) is 2. The Morgan fingerprint density at radius 3 is 2.55 bits per heavy atom. The normalized spacial score (nSPS) is 21.2. The summed E-state index contributed by atoms with van der Waals surface area (Å²) in [6.45, 7) is 5.12. The summed E-state index contributed by atoms with van der Waals surface area (Å²) in [6.07, 6.45) is 2.68. The van der Waals surface area contributed by atoms with Crippen LogP contribution in [0, 0.1) is 17.2 Å². The van der Waals surface area contributed by atoms with Gasteiger partial charge in [0.1, 0.15) is 11.6 Å². The lowest BCUT2D eigenvalue weighted by Gasteiger charge is -2.38. The van der Waals surface area contributed by atoms with Crippen molar-refractivity contribution in [2.24, 2.45) is 5.92 Å². The van der Waals surface area contributed by atoms with Gasteiger partial charge in [-0.3, -0.25) is 9.69 Å². The second kappa shape index (κ2) is 13.5. The van der Waals surface area contributed by atoms with E-state index in [0.717, 1.165) is 49.1 Å². The van der Waals surface area contributed by atoms with Crippen LogP contribution in [0.2, 0.25) is 10.0 Å². The summed E-state index contributed by atoms with van der Waals surface area (Å²) < 4.78 is 33.4.